The first-order chi connectivity index (χ1) is 15.0. The average molecular weight is 418 g/mol. The molecular formula is C25H26N2O4. The summed E-state index contributed by atoms with van der Waals surface area (Å²) in [6, 6.07) is 23.5. The van der Waals surface area contributed by atoms with Crippen LogP contribution in [0.3, 0.4) is 0 Å². The molecule has 2 amide bonds. The lowest BCUT2D eigenvalue weighted by molar-refractivity contribution is -0.118. The number of nitrogens with one attached hydrogen (secondary N) is 2. The first kappa shape index (κ1) is 21.9. The van der Waals surface area contributed by atoms with E-state index >= 15 is 0 Å². The number of rotatable bonds is 9. The second kappa shape index (κ2) is 10.8. The van der Waals surface area contributed by atoms with Crippen molar-refractivity contribution in [3.8, 4) is 11.5 Å². The van der Waals surface area contributed by atoms with E-state index in [0.29, 0.717) is 35.9 Å². The highest BCUT2D eigenvalue weighted by Crippen LogP contribution is 2.17. The van der Waals surface area contributed by atoms with Gasteiger partial charge in [0.1, 0.15) is 24.7 Å². The maximum absolute atomic E-state index is 12.5. The van der Waals surface area contributed by atoms with Crippen molar-refractivity contribution in [3.05, 3.63) is 84.4 Å². The molecule has 0 heterocycles. The summed E-state index contributed by atoms with van der Waals surface area (Å²) >= 11 is 0. The first-order valence-electron chi connectivity index (χ1n) is 10.1. The fourth-order valence-electron chi connectivity index (χ4n) is 2.67. The van der Waals surface area contributed by atoms with Crippen LogP contribution >= 0.6 is 0 Å². The Balaban J connectivity index is 1.45. The molecule has 6 nitrogen and oxygen atoms in total. The Bertz CT molecular complexity index is 984. The van der Waals surface area contributed by atoms with Gasteiger partial charge in [-0.25, -0.2) is 0 Å². The van der Waals surface area contributed by atoms with E-state index < -0.39 is 0 Å². The molecule has 3 aromatic rings. The molecular weight excluding hydrogens is 392 g/mol. The van der Waals surface area contributed by atoms with Crippen molar-refractivity contribution in [2.75, 3.05) is 23.8 Å². The number of carbonyl (C=O) groups excluding carboxylic acids is 2. The van der Waals surface area contributed by atoms with Crippen LogP contribution in [0, 0.1) is 5.92 Å². The molecule has 3 rings (SSSR count). The SMILES string of the molecule is CC(C)C(=O)Nc1ccc(NC(=O)c2ccc(OCCOc3ccccc3)cc2)cc1. The lowest BCUT2D eigenvalue weighted by Gasteiger charge is -2.10. The maximum Gasteiger partial charge on any atom is 0.255 e. The number of ether oxygens (including phenoxy) is 2. The van der Waals surface area contributed by atoms with E-state index in [1.807, 2.05) is 44.2 Å². The minimum Gasteiger partial charge on any atom is -0.490 e. The fraction of sp³-hybridized carbons (Fsp3) is 0.200. The Labute approximate surface area is 182 Å². The highest BCUT2D eigenvalue weighted by Gasteiger charge is 2.09. The summed E-state index contributed by atoms with van der Waals surface area (Å²) in [7, 11) is 0. The molecule has 0 radical (unpaired) electrons. The van der Waals surface area contributed by atoms with Gasteiger partial charge in [-0.3, -0.25) is 9.59 Å². The van der Waals surface area contributed by atoms with Crippen LogP contribution in [0.25, 0.3) is 0 Å². The van der Waals surface area contributed by atoms with Crippen LogP contribution in [-0.2, 0) is 4.79 Å². The van der Waals surface area contributed by atoms with Crippen LogP contribution in [0.4, 0.5) is 11.4 Å². The molecule has 0 unspecified atom stereocenters. The largest absolute Gasteiger partial charge is 0.490 e. The van der Waals surface area contributed by atoms with Crippen LogP contribution in [-0.4, -0.2) is 25.0 Å². The number of para-hydroxylation sites is 1. The summed E-state index contributed by atoms with van der Waals surface area (Å²) in [4.78, 5) is 24.2. The molecule has 2 N–H and O–H groups in total. The van der Waals surface area contributed by atoms with E-state index in [1.165, 1.54) is 0 Å². The summed E-state index contributed by atoms with van der Waals surface area (Å²) in [6.07, 6.45) is 0. The Morgan fingerprint density at radius 1 is 0.710 bits per heavy atom. The van der Waals surface area contributed by atoms with Crippen LogP contribution in [0.5, 0.6) is 11.5 Å². The Morgan fingerprint density at radius 3 is 1.77 bits per heavy atom. The molecule has 3 aromatic carbocycles. The fourth-order valence-corrected chi connectivity index (χ4v) is 2.67. The number of carbonyl (C=O) groups is 2. The van der Waals surface area contributed by atoms with Gasteiger partial charge in [-0.05, 0) is 60.7 Å². The number of benzene rings is 3. The zero-order valence-corrected chi connectivity index (χ0v) is 17.6. The summed E-state index contributed by atoms with van der Waals surface area (Å²) in [5.41, 5.74) is 1.85. The van der Waals surface area contributed by atoms with E-state index in [2.05, 4.69) is 10.6 Å². The molecule has 0 bridgehead atoms. The lowest BCUT2D eigenvalue weighted by atomic mass is 10.2. The third kappa shape index (κ3) is 6.89. The predicted octanol–water partition coefficient (Wildman–Crippen LogP) is 4.99. The van der Waals surface area contributed by atoms with Gasteiger partial charge in [-0.1, -0.05) is 32.0 Å². The maximum atomic E-state index is 12.5. The minimum absolute atomic E-state index is 0.0503. The molecule has 0 aromatic heterocycles. The normalized spacial score (nSPS) is 10.4. The van der Waals surface area contributed by atoms with Gasteiger partial charge in [0.2, 0.25) is 5.91 Å². The smallest absolute Gasteiger partial charge is 0.255 e. The van der Waals surface area contributed by atoms with Crippen molar-refractivity contribution in [1.29, 1.82) is 0 Å². The summed E-state index contributed by atoms with van der Waals surface area (Å²) in [5.74, 6) is 1.10. The van der Waals surface area contributed by atoms with Crippen LogP contribution in [0.15, 0.2) is 78.9 Å². The number of hydrogen-bond donors (Lipinski definition) is 2. The van der Waals surface area contributed by atoms with Gasteiger partial charge in [0.25, 0.3) is 5.91 Å². The van der Waals surface area contributed by atoms with Gasteiger partial charge in [0, 0.05) is 22.9 Å². The monoisotopic (exact) mass is 418 g/mol. The Hall–Kier alpha value is -3.80. The standard InChI is InChI=1S/C25H26N2O4/c1-18(2)24(28)26-20-10-12-21(13-11-20)27-25(29)19-8-14-23(15-9-19)31-17-16-30-22-6-4-3-5-7-22/h3-15,18H,16-17H2,1-2H3,(H,26,28)(H,27,29). The second-order valence-corrected chi connectivity index (χ2v) is 7.21. The molecule has 0 aliphatic heterocycles. The minimum atomic E-state index is -0.224. The van der Waals surface area contributed by atoms with Crippen LogP contribution in [0.1, 0.15) is 24.2 Å². The van der Waals surface area contributed by atoms with Gasteiger partial charge in [0.15, 0.2) is 0 Å². The van der Waals surface area contributed by atoms with E-state index in [-0.39, 0.29) is 17.7 Å². The third-order valence-corrected chi connectivity index (χ3v) is 4.42. The van der Waals surface area contributed by atoms with Crippen molar-refractivity contribution < 1.29 is 19.1 Å². The van der Waals surface area contributed by atoms with Crippen molar-refractivity contribution in [2.45, 2.75) is 13.8 Å². The summed E-state index contributed by atoms with van der Waals surface area (Å²) in [5, 5.41) is 5.65. The summed E-state index contributed by atoms with van der Waals surface area (Å²) in [6.45, 7) is 4.50. The molecule has 0 aliphatic carbocycles. The number of hydrogen-bond acceptors (Lipinski definition) is 4. The highest BCUT2D eigenvalue weighted by molar-refractivity contribution is 6.04. The summed E-state index contributed by atoms with van der Waals surface area (Å²) < 4.78 is 11.2. The first-order valence-corrected chi connectivity index (χ1v) is 10.1. The topological polar surface area (TPSA) is 76.7 Å². The van der Waals surface area contributed by atoms with Crippen molar-refractivity contribution >= 4 is 23.2 Å². The molecule has 6 heteroatoms. The van der Waals surface area contributed by atoms with E-state index in [1.54, 1.807) is 48.5 Å². The Morgan fingerprint density at radius 2 is 1.23 bits per heavy atom. The van der Waals surface area contributed by atoms with E-state index in [4.69, 9.17) is 9.47 Å². The number of anilines is 2. The quantitative estimate of drug-likeness (QED) is 0.480. The van der Waals surface area contributed by atoms with Gasteiger partial charge in [0.05, 0.1) is 0 Å². The second-order valence-electron chi connectivity index (χ2n) is 7.21. The van der Waals surface area contributed by atoms with Crippen LogP contribution in [0.2, 0.25) is 0 Å². The molecule has 160 valence electrons. The molecule has 0 saturated heterocycles. The van der Waals surface area contributed by atoms with E-state index in [0.717, 1.165) is 5.75 Å². The molecule has 0 atom stereocenters. The van der Waals surface area contributed by atoms with Gasteiger partial charge in [-0.15, -0.1) is 0 Å². The number of amides is 2. The zero-order chi connectivity index (χ0) is 22.1. The van der Waals surface area contributed by atoms with Crippen molar-refractivity contribution in [2.24, 2.45) is 5.92 Å². The Kier molecular flexibility index (Phi) is 7.65. The molecule has 0 spiro atoms. The van der Waals surface area contributed by atoms with Crippen LogP contribution < -0.4 is 20.1 Å². The molecule has 0 saturated carbocycles. The molecule has 0 aliphatic rings. The van der Waals surface area contributed by atoms with Gasteiger partial charge in [-0.2, -0.15) is 0 Å². The van der Waals surface area contributed by atoms with Gasteiger partial charge < -0.3 is 20.1 Å². The molecule has 31 heavy (non-hydrogen) atoms. The highest BCUT2D eigenvalue weighted by atomic mass is 16.5. The lowest BCUT2D eigenvalue weighted by Crippen LogP contribution is -2.17. The predicted molar refractivity (Wildman–Crippen MR) is 122 cm³/mol. The van der Waals surface area contributed by atoms with Crippen molar-refractivity contribution in [1.82, 2.24) is 0 Å². The third-order valence-electron chi connectivity index (χ3n) is 4.42. The van der Waals surface area contributed by atoms with E-state index in [9.17, 15) is 9.59 Å². The van der Waals surface area contributed by atoms with Crippen molar-refractivity contribution in [3.63, 3.8) is 0 Å². The molecule has 0 fully saturated rings. The van der Waals surface area contributed by atoms with Gasteiger partial charge >= 0.3 is 0 Å². The zero-order valence-electron chi connectivity index (χ0n) is 17.6. The average Bonchev–Trinajstić information content (AvgIpc) is 2.79.